The van der Waals surface area contributed by atoms with Crippen molar-refractivity contribution in [2.75, 3.05) is 0 Å². The standard InChI is InChI=1S/C16H14Cl2N2O/c1-2-15(11-3-7-13(17)8-4-11)19-20-16(21)12-5-9-14(18)10-6-12/h3-10H,2H2,1H3,(H,20,21)/b19-15-. The fourth-order valence-electron chi connectivity index (χ4n) is 1.77. The van der Waals surface area contributed by atoms with Gasteiger partial charge in [0.2, 0.25) is 0 Å². The zero-order chi connectivity index (χ0) is 15.2. The third kappa shape index (κ3) is 4.31. The van der Waals surface area contributed by atoms with Gasteiger partial charge in [0.25, 0.3) is 5.91 Å². The van der Waals surface area contributed by atoms with Crippen LogP contribution in [-0.2, 0) is 0 Å². The summed E-state index contributed by atoms with van der Waals surface area (Å²) in [4.78, 5) is 12.0. The Hall–Kier alpha value is -1.84. The number of carbonyl (C=O) groups is 1. The van der Waals surface area contributed by atoms with Crippen molar-refractivity contribution in [1.29, 1.82) is 0 Å². The zero-order valence-corrected chi connectivity index (χ0v) is 12.9. The predicted octanol–water partition coefficient (Wildman–Crippen LogP) is 4.54. The molecule has 0 bridgehead atoms. The molecule has 2 aromatic rings. The number of hydrogen-bond acceptors (Lipinski definition) is 2. The van der Waals surface area contributed by atoms with Crippen LogP contribution >= 0.6 is 23.2 Å². The van der Waals surface area contributed by atoms with Gasteiger partial charge < -0.3 is 0 Å². The second kappa shape index (κ2) is 7.25. The molecule has 0 atom stereocenters. The maximum absolute atomic E-state index is 12.0. The van der Waals surface area contributed by atoms with E-state index < -0.39 is 0 Å². The first-order valence-corrected chi connectivity index (χ1v) is 7.24. The number of rotatable bonds is 4. The molecule has 2 aromatic carbocycles. The van der Waals surface area contributed by atoms with Gasteiger partial charge in [-0.1, -0.05) is 42.3 Å². The molecule has 0 spiro atoms. The molecule has 0 aliphatic carbocycles. The normalized spacial score (nSPS) is 11.3. The van der Waals surface area contributed by atoms with Gasteiger partial charge in [-0.25, -0.2) is 5.43 Å². The Morgan fingerprint density at radius 2 is 1.43 bits per heavy atom. The lowest BCUT2D eigenvalue weighted by atomic mass is 10.1. The van der Waals surface area contributed by atoms with Crippen LogP contribution in [0.4, 0.5) is 0 Å². The fourth-order valence-corrected chi connectivity index (χ4v) is 2.03. The van der Waals surface area contributed by atoms with Crippen LogP contribution in [0.25, 0.3) is 0 Å². The van der Waals surface area contributed by atoms with Crippen molar-refractivity contribution in [2.45, 2.75) is 13.3 Å². The van der Waals surface area contributed by atoms with E-state index in [4.69, 9.17) is 23.2 Å². The smallest absolute Gasteiger partial charge is 0.267 e. The summed E-state index contributed by atoms with van der Waals surface area (Å²) in [6.45, 7) is 1.97. The highest BCUT2D eigenvalue weighted by atomic mass is 35.5. The molecular formula is C16H14Cl2N2O. The van der Waals surface area contributed by atoms with Gasteiger partial charge in [0.1, 0.15) is 0 Å². The van der Waals surface area contributed by atoms with Crippen LogP contribution in [0, 0.1) is 0 Å². The number of nitrogens with one attached hydrogen (secondary N) is 1. The van der Waals surface area contributed by atoms with Crippen LogP contribution < -0.4 is 5.43 Å². The van der Waals surface area contributed by atoms with Crippen molar-refractivity contribution in [1.82, 2.24) is 5.43 Å². The Morgan fingerprint density at radius 1 is 0.952 bits per heavy atom. The third-order valence-electron chi connectivity index (χ3n) is 2.91. The summed E-state index contributed by atoms with van der Waals surface area (Å²) < 4.78 is 0. The van der Waals surface area contributed by atoms with Gasteiger partial charge >= 0.3 is 0 Å². The highest BCUT2D eigenvalue weighted by Crippen LogP contribution is 2.12. The highest BCUT2D eigenvalue weighted by molar-refractivity contribution is 6.31. The van der Waals surface area contributed by atoms with Crippen molar-refractivity contribution in [3.8, 4) is 0 Å². The minimum atomic E-state index is -0.272. The van der Waals surface area contributed by atoms with Gasteiger partial charge in [0.05, 0.1) is 5.71 Å². The molecule has 5 heteroatoms. The molecular weight excluding hydrogens is 307 g/mol. The van der Waals surface area contributed by atoms with Crippen molar-refractivity contribution in [3.05, 3.63) is 69.7 Å². The van der Waals surface area contributed by atoms with E-state index in [1.807, 2.05) is 19.1 Å². The van der Waals surface area contributed by atoms with Crippen LogP contribution in [0.3, 0.4) is 0 Å². The molecule has 3 nitrogen and oxygen atoms in total. The van der Waals surface area contributed by atoms with Crippen molar-refractivity contribution < 1.29 is 4.79 Å². The fraction of sp³-hybridized carbons (Fsp3) is 0.125. The maximum Gasteiger partial charge on any atom is 0.271 e. The molecule has 0 fully saturated rings. The SMILES string of the molecule is CC/C(=N/NC(=O)c1ccc(Cl)cc1)c1ccc(Cl)cc1. The van der Waals surface area contributed by atoms with E-state index in [9.17, 15) is 4.79 Å². The lowest BCUT2D eigenvalue weighted by Gasteiger charge is -2.05. The third-order valence-corrected chi connectivity index (χ3v) is 3.42. The van der Waals surface area contributed by atoms with Crippen molar-refractivity contribution in [2.24, 2.45) is 5.10 Å². The number of hydrazone groups is 1. The number of benzene rings is 2. The molecule has 0 radical (unpaired) electrons. The van der Waals surface area contributed by atoms with Gasteiger partial charge in [-0.05, 0) is 48.4 Å². The average Bonchev–Trinajstić information content (AvgIpc) is 2.50. The molecule has 0 aliphatic heterocycles. The molecule has 0 unspecified atom stereocenters. The van der Waals surface area contributed by atoms with Gasteiger partial charge in [-0.3, -0.25) is 4.79 Å². The lowest BCUT2D eigenvalue weighted by Crippen LogP contribution is -2.19. The molecule has 108 valence electrons. The van der Waals surface area contributed by atoms with E-state index in [2.05, 4.69) is 10.5 Å². The molecule has 0 aromatic heterocycles. The highest BCUT2D eigenvalue weighted by Gasteiger charge is 2.06. The molecule has 0 saturated carbocycles. The van der Waals surface area contributed by atoms with E-state index in [0.717, 1.165) is 11.3 Å². The largest absolute Gasteiger partial charge is 0.271 e. The Kier molecular flexibility index (Phi) is 5.37. The van der Waals surface area contributed by atoms with E-state index in [1.54, 1.807) is 36.4 Å². The number of amides is 1. The summed E-state index contributed by atoms with van der Waals surface area (Å²) in [6.07, 6.45) is 0.697. The monoisotopic (exact) mass is 320 g/mol. The van der Waals surface area contributed by atoms with Crippen LogP contribution in [-0.4, -0.2) is 11.6 Å². The Morgan fingerprint density at radius 3 is 1.90 bits per heavy atom. The molecule has 1 N–H and O–H groups in total. The van der Waals surface area contributed by atoms with Crippen molar-refractivity contribution >= 4 is 34.8 Å². The summed E-state index contributed by atoms with van der Waals surface area (Å²) in [5.74, 6) is -0.272. The van der Waals surface area contributed by atoms with Gasteiger partial charge in [-0.15, -0.1) is 0 Å². The molecule has 2 rings (SSSR count). The van der Waals surface area contributed by atoms with Crippen LogP contribution in [0.5, 0.6) is 0 Å². The topological polar surface area (TPSA) is 41.5 Å². The number of halogens is 2. The van der Waals surface area contributed by atoms with E-state index in [1.165, 1.54) is 0 Å². The summed E-state index contributed by atoms with van der Waals surface area (Å²) in [7, 11) is 0. The summed E-state index contributed by atoms with van der Waals surface area (Å²) in [6, 6.07) is 14.0. The van der Waals surface area contributed by atoms with Crippen LogP contribution in [0.2, 0.25) is 10.0 Å². The van der Waals surface area contributed by atoms with Gasteiger partial charge in [0, 0.05) is 15.6 Å². The second-order valence-electron chi connectivity index (χ2n) is 4.37. The first-order valence-electron chi connectivity index (χ1n) is 6.48. The zero-order valence-electron chi connectivity index (χ0n) is 11.4. The Bertz CT molecular complexity index is 649. The predicted molar refractivity (Wildman–Crippen MR) is 87.2 cm³/mol. The van der Waals surface area contributed by atoms with Crippen molar-refractivity contribution in [3.63, 3.8) is 0 Å². The quantitative estimate of drug-likeness (QED) is 0.652. The van der Waals surface area contributed by atoms with E-state index in [-0.39, 0.29) is 5.91 Å². The van der Waals surface area contributed by atoms with Crippen LogP contribution in [0.15, 0.2) is 53.6 Å². The first kappa shape index (κ1) is 15.5. The first-order chi connectivity index (χ1) is 10.1. The minimum absolute atomic E-state index is 0.272. The maximum atomic E-state index is 12.0. The summed E-state index contributed by atoms with van der Waals surface area (Å²) in [5.41, 5.74) is 4.78. The molecule has 21 heavy (non-hydrogen) atoms. The lowest BCUT2D eigenvalue weighted by molar-refractivity contribution is 0.0955. The number of carbonyl (C=O) groups excluding carboxylic acids is 1. The average molecular weight is 321 g/mol. The molecule has 0 saturated heterocycles. The van der Waals surface area contributed by atoms with Gasteiger partial charge in [-0.2, -0.15) is 5.10 Å². The van der Waals surface area contributed by atoms with Gasteiger partial charge in [0.15, 0.2) is 0 Å². The van der Waals surface area contributed by atoms with Crippen LogP contribution in [0.1, 0.15) is 29.3 Å². The number of hydrogen-bond donors (Lipinski definition) is 1. The summed E-state index contributed by atoms with van der Waals surface area (Å²) in [5, 5.41) is 5.44. The van der Waals surface area contributed by atoms with E-state index in [0.29, 0.717) is 22.0 Å². The Labute approximate surface area is 133 Å². The molecule has 0 aliphatic rings. The molecule has 0 heterocycles. The summed E-state index contributed by atoms with van der Waals surface area (Å²) >= 11 is 11.6. The Balaban J connectivity index is 2.12. The molecule has 1 amide bonds. The number of nitrogens with zero attached hydrogens (tertiary/aromatic N) is 1. The second-order valence-corrected chi connectivity index (χ2v) is 5.24. The minimum Gasteiger partial charge on any atom is -0.267 e. The van der Waals surface area contributed by atoms with E-state index >= 15 is 0 Å².